The lowest BCUT2D eigenvalue weighted by Crippen LogP contribution is -2.23. The largest absolute Gasteiger partial charge is 0.497 e. The van der Waals surface area contributed by atoms with Crippen LogP contribution in [0.1, 0.15) is 0 Å². The fourth-order valence-corrected chi connectivity index (χ4v) is 4.06. The molecule has 0 aliphatic heterocycles. The minimum absolute atomic E-state index is 0.0555. The summed E-state index contributed by atoms with van der Waals surface area (Å²) in [5.74, 6) is 0.419. The van der Waals surface area contributed by atoms with Crippen molar-refractivity contribution in [3.63, 3.8) is 0 Å². The van der Waals surface area contributed by atoms with Gasteiger partial charge in [-0.1, -0.05) is 53.7 Å². The highest BCUT2D eigenvalue weighted by atomic mass is 35.5. The lowest BCUT2D eigenvalue weighted by Gasteiger charge is -2.14. The molecule has 0 aliphatic rings. The number of halogens is 1. The smallest absolute Gasteiger partial charge is 0.266 e. The van der Waals surface area contributed by atoms with E-state index in [1.165, 1.54) is 16.3 Å². The lowest BCUT2D eigenvalue weighted by atomic mass is 10.2. The fourth-order valence-electron chi connectivity index (χ4n) is 3.07. The molecule has 1 heterocycles. The summed E-state index contributed by atoms with van der Waals surface area (Å²) < 4.78 is 6.80. The maximum absolute atomic E-state index is 13.3. The van der Waals surface area contributed by atoms with Crippen molar-refractivity contribution in [3.05, 3.63) is 88.2 Å². The van der Waals surface area contributed by atoms with Crippen molar-refractivity contribution in [2.45, 2.75) is 5.16 Å². The molecule has 1 aromatic heterocycles. The number of methoxy groups -OCH3 is 1. The number of aromatic nitrogens is 2. The van der Waals surface area contributed by atoms with Crippen molar-refractivity contribution in [1.82, 2.24) is 9.55 Å². The van der Waals surface area contributed by atoms with Gasteiger partial charge >= 0.3 is 0 Å². The number of ether oxygens (including phenoxy) is 1. The second kappa shape index (κ2) is 9.24. The Morgan fingerprint density at radius 1 is 1.10 bits per heavy atom. The Hall–Kier alpha value is -3.29. The van der Waals surface area contributed by atoms with Gasteiger partial charge in [-0.15, -0.1) is 0 Å². The second-order valence-corrected chi connectivity index (χ2v) is 7.92. The first-order chi connectivity index (χ1) is 15.1. The summed E-state index contributed by atoms with van der Waals surface area (Å²) in [5, 5.41) is 4.14. The molecule has 0 unspecified atom stereocenters. The normalized spacial score (nSPS) is 10.8. The number of fused-ring (bicyclic) bond motifs is 1. The number of para-hydroxylation sites is 2. The molecule has 156 valence electrons. The highest BCUT2D eigenvalue weighted by Gasteiger charge is 2.15. The van der Waals surface area contributed by atoms with Crippen LogP contribution >= 0.6 is 23.4 Å². The van der Waals surface area contributed by atoms with Crippen molar-refractivity contribution >= 4 is 45.9 Å². The fraction of sp³-hybridized carbons (Fsp3) is 0.0870. The van der Waals surface area contributed by atoms with E-state index in [-0.39, 0.29) is 17.2 Å². The van der Waals surface area contributed by atoms with E-state index in [9.17, 15) is 9.59 Å². The molecule has 0 atom stereocenters. The second-order valence-electron chi connectivity index (χ2n) is 6.57. The van der Waals surface area contributed by atoms with Crippen LogP contribution in [0, 0.1) is 0 Å². The number of thioether (sulfide) groups is 1. The Morgan fingerprint density at radius 3 is 2.68 bits per heavy atom. The monoisotopic (exact) mass is 451 g/mol. The SMILES string of the molecule is COc1cccc(-n2c(SCC(=O)Nc3ccccc3Cl)nc3ccccc3c2=O)c1. The summed E-state index contributed by atoms with van der Waals surface area (Å²) in [7, 11) is 1.56. The molecule has 0 spiro atoms. The molecule has 0 fully saturated rings. The lowest BCUT2D eigenvalue weighted by molar-refractivity contribution is -0.113. The summed E-state index contributed by atoms with van der Waals surface area (Å²) in [6, 6.07) is 21.3. The van der Waals surface area contributed by atoms with Crippen LogP contribution in [0.5, 0.6) is 5.75 Å². The molecule has 4 aromatic rings. The van der Waals surface area contributed by atoms with Crippen LogP contribution in [-0.4, -0.2) is 28.3 Å². The average molecular weight is 452 g/mol. The van der Waals surface area contributed by atoms with Gasteiger partial charge in [0, 0.05) is 6.07 Å². The molecule has 0 aliphatic carbocycles. The van der Waals surface area contributed by atoms with E-state index in [0.29, 0.717) is 38.2 Å². The first-order valence-corrected chi connectivity index (χ1v) is 10.8. The van der Waals surface area contributed by atoms with Gasteiger partial charge in [-0.2, -0.15) is 0 Å². The number of hydrogen-bond acceptors (Lipinski definition) is 5. The standard InChI is InChI=1S/C23H18ClN3O3S/c1-30-16-8-6-7-15(13-16)27-22(29)17-9-2-4-11-19(17)26-23(27)31-14-21(28)25-20-12-5-3-10-18(20)24/h2-13H,14H2,1H3,(H,25,28). The van der Waals surface area contributed by atoms with Crippen LogP contribution in [0.2, 0.25) is 5.02 Å². The van der Waals surface area contributed by atoms with Crippen LogP contribution in [0.25, 0.3) is 16.6 Å². The third kappa shape index (κ3) is 4.57. The molecule has 31 heavy (non-hydrogen) atoms. The molecule has 6 nitrogen and oxygen atoms in total. The van der Waals surface area contributed by atoms with Crippen LogP contribution in [0.15, 0.2) is 82.7 Å². The minimum Gasteiger partial charge on any atom is -0.497 e. The summed E-state index contributed by atoms with van der Waals surface area (Å²) >= 11 is 7.29. The van der Waals surface area contributed by atoms with Crippen molar-refractivity contribution in [2.24, 2.45) is 0 Å². The predicted octanol–water partition coefficient (Wildman–Crippen LogP) is 4.78. The summed E-state index contributed by atoms with van der Waals surface area (Å²) in [6.45, 7) is 0. The van der Waals surface area contributed by atoms with Crippen LogP contribution in [0.3, 0.4) is 0 Å². The van der Waals surface area contributed by atoms with Crippen molar-refractivity contribution in [1.29, 1.82) is 0 Å². The van der Waals surface area contributed by atoms with Gasteiger partial charge in [-0.05, 0) is 36.4 Å². The van der Waals surface area contributed by atoms with Crippen LogP contribution in [0.4, 0.5) is 5.69 Å². The van der Waals surface area contributed by atoms with Crippen molar-refractivity contribution in [2.75, 3.05) is 18.2 Å². The van der Waals surface area contributed by atoms with E-state index in [4.69, 9.17) is 16.3 Å². The molecule has 0 bridgehead atoms. The van der Waals surface area contributed by atoms with Gasteiger partial charge in [-0.25, -0.2) is 4.98 Å². The summed E-state index contributed by atoms with van der Waals surface area (Å²) in [4.78, 5) is 30.4. The number of rotatable bonds is 6. The van der Waals surface area contributed by atoms with Crippen molar-refractivity contribution < 1.29 is 9.53 Å². The van der Waals surface area contributed by atoms with Crippen LogP contribution in [-0.2, 0) is 4.79 Å². The first-order valence-electron chi connectivity index (χ1n) is 9.40. The predicted molar refractivity (Wildman–Crippen MR) is 125 cm³/mol. The number of benzene rings is 3. The number of anilines is 1. The van der Waals surface area contributed by atoms with Gasteiger partial charge in [-0.3, -0.25) is 14.2 Å². The number of nitrogens with one attached hydrogen (secondary N) is 1. The third-order valence-electron chi connectivity index (χ3n) is 4.54. The molecule has 3 aromatic carbocycles. The summed E-state index contributed by atoms with van der Waals surface area (Å²) in [5.41, 5.74) is 1.50. The van der Waals surface area contributed by atoms with Gasteiger partial charge in [0.05, 0.1) is 40.2 Å². The molecule has 8 heteroatoms. The highest BCUT2D eigenvalue weighted by Crippen LogP contribution is 2.25. The topological polar surface area (TPSA) is 73.2 Å². The zero-order chi connectivity index (χ0) is 21.8. The molecule has 0 radical (unpaired) electrons. The molecule has 1 N–H and O–H groups in total. The highest BCUT2D eigenvalue weighted by molar-refractivity contribution is 7.99. The average Bonchev–Trinajstić information content (AvgIpc) is 2.79. The Labute approximate surface area is 187 Å². The Balaban J connectivity index is 1.70. The number of nitrogens with zero attached hydrogens (tertiary/aromatic N) is 2. The van der Waals surface area contributed by atoms with E-state index >= 15 is 0 Å². The Bertz CT molecular complexity index is 1320. The summed E-state index contributed by atoms with van der Waals surface area (Å²) in [6.07, 6.45) is 0. The van der Waals surface area contributed by atoms with Gasteiger partial charge in [0.1, 0.15) is 5.75 Å². The maximum atomic E-state index is 13.3. The molecule has 4 rings (SSSR count). The van der Waals surface area contributed by atoms with E-state index < -0.39 is 0 Å². The van der Waals surface area contributed by atoms with E-state index in [1.807, 2.05) is 6.07 Å². The zero-order valence-electron chi connectivity index (χ0n) is 16.5. The molecule has 0 saturated carbocycles. The van der Waals surface area contributed by atoms with Crippen LogP contribution < -0.4 is 15.6 Å². The van der Waals surface area contributed by atoms with Gasteiger partial charge < -0.3 is 10.1 Å². The quantitative estimate of drug-likeness (QED) is 0.337. The van der Waals surface area contributed by atoms with Crippen molar-refractivity contribution in [3.8, 4) is 11.4 Å². The number of carbonyl (C=O) groups excluding carboxylic acids is 1. The minimum atomic E-state index is -0.252. The third-order valence-corrected chi connectivity index (χ3v) is 5.80. The number of carbonyl (C=O) groups is 1. The van der Waals surface area contributed by atoms with E-state index in [0.717, 1.165) is 0 Å². The van der Waals surface area contributed by atoms with E-state index in [1.54, 1.807) is 73.8 Å². The molecular formula is C23H18ClN3O3S. The Kier molecular flexibility index (Phi) is 6.25. The van der Waals surface area contributed by atoms with E-state index in [2.05, 4.69) is 10.3 Å². The number of hydrogen-bond donors (Lipinski definition) is 1. The van der Waals surface area contributed by atoms with Gasteiger partial charge in [0.25, 0.3) is 5.56 Å². The maximum Gasteiger partial charge on any atom is 0.266 e. The van der Waals surface area contributed by atoms with Gasteiger partial charge in [0.15, 0.2) is 5.16 Å². The first kappa shape index (κ1) is 21.0. The zero-order valence-corrected chi connectivity index (χ0v) is 18.1. The number of amides is 1. The van der Waals surface area contributed by atoms with Gasteiger partial charge in [0.2, 0.25) is 5.91 Å². The molecule has 0 saturated heterocycles. The molecule has 1 amide bonds. The molecular weight excluding hydrogens is 434 g/mol. The Morgan fingerprint density at radius 2 is 1.87 bits per heavy atom.